The minimum Gasteiger partial charge on any atom is -0.508 e. The Labute approximate surface area is 150 Å². The van der Waals surface area contributed by atoms with E-state index in [1.165, 1.54) is 26.0 Å². The second-order valence-electron chi connectivity index (χ2n) is 7.12. The van der Waals surface area contributed by atoms with Crippen molar-refractivity contribution in [3.8, 4) is 0 Å². The molecule has 0 radical (unpaired) electrons. The summed E-state index contributed by atoms with van der Waals surface area (Å²) in [5.41, 5.74) is -3.93. The molecule has 0 aromatic heterocycles. The van der Waals surface area contributed by atoms with Crippen molar-refractivity contribution in [1.29, 1.82) is 0 Å². The van der Waals surface area contributed by atoms with Crippen LogP contribution < -0.4 is 0 Å². The third-order valence-electron chi connectivity index (χ3n) is 5.54. The van der Waals surface area contributed by atoms with Crippen molar-refractivity contribution in [1.82, 2.24) is 0 Å². The van der Waals surface area contributed by atoms with Crippen LogP contribution in [-0.4, -0.2) is 44.6 Å². The first-order valence-electron chi connectivity index (χ1n) is 8.24. The molecule has 0 saturated heterocycles. The lowest BCUT2D eigenvalue weighted by molar-refractivity contribution is -0.200. The molecule has 138 valence electrons. The van der Waals surface area contributed by atoms with Crippen LogP contribution in [0.2, 0.25) is 0 Å². The molecule has 26 heavy (non-hydrogen) atoms. The molecule has 3 saturated carbocycles. The molecular formula is C19H20O7. The number of carbonyl (C=O) groups excluding carboxylic acids is 3. The van der Waals surface area contributed by atoms with Crippen LogP contribution in [-0.2, 0) is 19.1 Å². The Morgan fingerprint density at radius 1 is 1.23 bits per heavy atom. The Kier molecular flexibility index (Phi) is 3.95. The van der Waals surface area contributed by atoms with Gasteiger partial charge in [-0.1, -0.05) is 18.2 Å². The van der Waals surface area contributed by atoms with Gasteiger partial charge in [0.1, 0.15) is 22.9 Å². The summed E-state index contributed by atoms with van der Waals surface area (Å²) < 4.78 is 5.23. The summed E-state index contributed by atoms with van der Waals surface area (Å²) in [6, 6.07) is 0. The summed E-state index contributed by atoms with van der Waals surface area (Å²) >= 11 is 0. The van der Waals surface area contributed by atoms with Gasteiger partial charge in [0.2, 0.25) is 0 Å². The quantitative estimate of drug-likeness (QED) is 0.224. The monoisotopic (exact) mass is 360 g/mol. The van der Waals surface area contributed by atoms with E-state index in [4.69, 9.17) is 4.74 Å². The molecule has 5 atom stereocenters. The Bertz CT molecular complexity index is 827. The normalized spacial score (nSPS) is 41.5. The van der Waals surface area contributed by atoms with Gasteiger partial charge in [0.15, 0.2) is 17.3 Å². The molecule has 4 aliphatic rings. The highest BCUT2D eigenvalue weighted by molar-refractivity contribution is 6.22. The standard InChI is InChI=1S/C19H20O7/c1-4-5-6-7-10(20)12-13-14-9(8-11(21)16(23)26-14)18(2,15(12)22)17(24)19(13,3)25/h4-9,13-14,20-21,25H,1-3H3. The van der Waals surface area contributed by atoms with Crippen molar-refractivity contribution in [2.75, 3.05) is 0 Å². The van der Waals surface area contributed by atoms with E-state index in [0.29, 0.717) is 0 Å². The van der Waals surface area contributed by atoms with Crippen LogP contribution in [0.5, 0.6) is 0 Å². The lowest BCUT2D eigenvalue weighted by Gasteiger charge is -2.58. The van der Waals surface area contributed by atoms with Gasteiger partial charge in [-0.3, -0.25) is 9.59 Å². The van der Waals surface area contributed by atoms with Gasteiger partial charge in [-0.15, -0.1) is 0 Å². The van der Waals surface area contributed by atoms with Crippen molar-refractivity contribution in [3.05, 3.63) is 47.5 Å². The fourth-order valence-electron chi connectivity index (χ4n) is 4.24. The number of aliphatic hydroxyl groups is 3. The molecule has 1 aliphatic heterocycles. The summed E-state index contributed by atoms with van der Waals surface area (Å²) in [5, 5.41) is 31.0. The van der Waals surface area contributed by atoms with Gasteiger partial charge in [-0.05, 0) is 32.9 Å². The van der Waals surface area contributed by atoms with Crippen LogP contribution >= 0.6 is 0 Å². The number of carbonyl (C=O) groups is 3. The van der Waals surface area contributed by atoms with E-state index >= 15 is 0 Å². The molecule has 3 aliphatic carbocycles. The zero-order valence-corrected chi connectivity index (χ0v) is 14.6. The average Bonchev–Trinajstić information content (AvgIpc) is 2.57. The van der Waals surface area contributed by atoms with Crippen LogP contribution in [0.4, 0.5) is 0 Å². The number of fused-ring (bicyclic) bond motifs is 2. The maximum absolute atomic E-state index is 13.1. The third kappa shape index (κ3) is 2.13. The minimum atomic E-state index is -2.01. The minimum absolute atomic E-state index is 0.151. The Balaban J connectivity index is 2.25. The first-order valence-corrected chi connectivity index (χ1v) is 8.24. The molecule has 7 nitrogen and oxygen atoms in total. The van der Waals surface area contributed by atoms with Gasteiger partial charge >= 0.3 is 5.97 Å². The lowest BCUT2D eigenvalue weighted by atomic mass is 9.46. The van der Waals surface area contributed by atoms with Crippen LogP contribution in [0.15, 0.2) is 47.5 Å². The summed E-state index contributed by atoms with van der Waals surface area (Å²) in [6.45, 7) is 4.36. The number of hydrogen-bond donors (Lipinski definition) is 3. The molecule has 4 rings (SSSR count). The van der Waals surface area contributed by atoms with E-state index in [1.54, 1.807) is 19.1 Å². The topological polar surface area (TPSA) is 121 Å². The van der Waals surface area contributed by atoms with E-state index in [1.807, 2.05) is 0 Å². The highest BCUT2D eigenvalue weighted by Gasteiger charge is 2.73. The van der Waals surface area contributed by atoms with E-state index in [9.17, 15) is 29.7 Å². The highest BCUT2D eigenvalue weighted by atomic mass is 16.6. The van der Waals surface area contributed by atoms with Gasteiger partial charge in [0, 0.05) is 11.5 Å². The number of ketones is 2. The Morgan fingerprint density at radius 2 is 1.88 bits per heavy atom. The smallest absolute Gasteiger partial charge is 0.373 e. The zero-order chi connectivity index (χ0) is 19.4. The summed E-state index contributed by atoms with van der Waals surface area (Å²) in [4.78, 5) is 37.7. The number of allylic oxidation sites excluding steroid dienone is 4. The third-order valence-corrected chi connectivity index (χ3v) is 5.54. The molecule has 1 heterocycles. The average molecular weight is 360 g/mol. The SMILES string of the molecule is CC=CC=CC(O)=C1C(=O)C2(C)C(=O)C(C)(O)C1C1OC(=O)C(O)=CC12. The van der Waals surface area contributed by atoms with Crippen LogP contribution in [0, 0.1) is 17.3 Å². The van der Waals surface area contributed by atoms with Crippen molar-refractivity contribution >= 4 is 17.5 Å². The van der Waals surface area contributed by atoms with E-state index in [-0.39, 0.29) is 5.57 Å². The fourth-order valence-corrected chi connectivity index (χ4v) is 4.24. The molecule has 2 bridgehead atoms. The zero-order valence-electron chi connectivity index (χ0n) is 14.6. The van der Waals surface area contributed by atoms with Gasteiger partial charge in [-0.2, -0.15) is 0 Å². The van der Waals surface area contributed by atoms with Crippen LogP contribution in [0.25, 0.3) is 0 Å². The summed E-state index contributed by atoms with van der Waals surface area (Å²) in [5.74, 6) is -5.60. The second kappa shape index (κ2) is 5.67. The molecule has 0 amide bonds. The second-order valence-corrected chi connectivity index (χ2v) is 7.12. The predicted molar refractivity (Wildman–Crippen MR) is 89.9 cm³/mol. The first-order chi connectivity index (χ1) is 12.1. The van der Waals surface area contributed by atoms with Gasteiger partial charge in [-0.25, -0.2) is 4.79 Å². The van der Waals surface area contributed by atoms with Crippen molar-refractivity contribution in [3.63, 3.8) is 0 Å². The summed E-state index contributed by atoms with van der Waals surface area (Å²) in [7, 11) is 0. The van der Waals surface area contributed by atoms with Crippen LogP contribution in [0.3, 0.4) is 0 Å². The molecule has 0 spiro atoms. The Hall–Kier alpha value is -2.67. The number of Topliss-reactive ketones (excluding diaryl/α,β-unsaturated/α-hetero) is 2. The number of esters is 1. The fraction of sp³-hybridized carbons (Fsp3) is 0.421. The van der Waals surface area contributed by atoms with Gasteiger partial charge in [0.05, 0.1) is 5.92 Å². The molecule has 0 aromatic carbocycles. The molecule has 3 N–H and O–H groups in total. The number of aliphatic hydroxyl groups excluding tert-OH is 2. The largest absolute Gasteiger partial charge is 0.508 e. The van der Waals surface area contributed by atoms with Crippen LogP contribution in [0.1, 0.15) is 20.8 Å². The molecule has 0 aromatic rings. The predicted octanol–water partition coefficient (Wildman–Crippen LogP) is 1.45. The van der Waals surface area contributed by atoms with E-state index < -0.39 is 58.0 Å². The summed E-state index contributed by atoms with van der Waals surface area (Å²) in [6.07, 6.45) is 6.23. The number of ether oxygens (including phenoxy) is 1. The Morgan fingerprint density at radius 3 is 2.50 bits per heavy atom. The van der Waals surface area contributed by atoms with Gasteiger partial charge in [0.25, 0.3) is 0 Å². The number of hydrogen-bond acceptors (Lipinski definition) is 7. The maximum Gasteiger partial charge on any atom is 0.373 e. The first kappa shape index (κ1) is 18.1. The van der Waals surface area contributed by atoms with E-state index in [2.05, 4.69) is 0 Å². The molecule has 7 heteroatoms. The van der Waals surface area contributed by atoms with Crippen molar-refractivity contribution in [2.45, 2.75) is 32.5 Å². The number of rotatable bonds is 2. The maximum atomic E-state index is 13.1. The van der Waals surface area contributed by atoms with E-state index in [0.717, 1.165) is 6.08 Å². The molecule has 3 fully saturated rings. The van der Waals surface area contributed by atoms with Crippen molar-refractivity contribution in [2.24, 2.45) is 17.3 Å². The lowest BCUT2D eigenvalue weighted by Crippen LogP contribution is -2.73. The van der Waals surface area contributed by atoms with Crippen molar-refractivity contribution < 1.29 is 34.4 Å². The molecule has 5 unspecified atom stereocenters. The molecular weight excluding hydrogens is 340 g/mol. The highest BCUT2D eigenvalue weighted by Crippen LogP contribution is 2.58. The van der Waals surface area contributed by atoms with Gasteiger partial charge < -0.3 is 20.1 Å².